The standard InChI is InChI=1S/C25H36F2/c1-2-5-19-8-13-22(14-9-19)23-15-10-20(11-16-23)6-3-4-7-21-12-17-24(26)25(27)18-21/h3,6,12,17-20,22-23H,2,4-5,7-11,13-16H2,1H3/b6-3+. The van der Waals surface area contributed by atoms with Crippen LogP contribution < -0.4 is 0 Å². The third-order valence-electron chi connectivity index (χ3n) is 7.06. The van der Waals surface area contributed by atoms with E-state index in [1.165, 1.54) is 76.3 Å². The van der Waals surface area contributed by atoms with Crippen molar-refractivity contribution in [3.05, 3.63) is 47.5 Å². The van der Waals surface area contributed by atoms with Gasteiger partial charge in [0.05, 0.1) is 0 Å². The van der Waals surface area contributed by atoms with E-state index >= 15 is 0 Å². The average Bonchev–Trinajstić information content (AvgIpc) is 2.69. The molecule has 0 atom stereocenters. The highest BCUT2D eigenvalue weighted by atomic mass is 19.2. The van der Waals surface area contributed by atoms with Gasteiger partial charge < -0.3 is 0 Å². The van der Waals surface area contributed by atoms with Gasteiger partial charge in [-0.1, -0.05) is 50.8 Å². The minimum absolute atomic E-state index is 0.725. The van der Waals surface area contributed by atoms with Gasteiger partial charge in [0.15, 0.2) is 11.6 Å². The molecule has 2 aliphatic carbocycles. The van der Waals surface area contributed by atoms with Crippen molar-refractivity contribution in [2.45, 2.75) is 84.0 Å². The molecule has 0 radical (unpaired) electrons. The maximum absolute atomic E-state index is 13.2. The largest absolute Gasteiger partial charge is 0.204 e. The summed E-state index contributed by atoms with van der Waals surface area (Å²) in [4.78, 5) is 0. The molecule has 2 heteroatoms. The average molecular weight is 375 g/mol. The van der Waals surface area contributed by atoms with E-state index < -0.39 is 11.6 Å². The van der Waals surface area contributed by atoms with Gasteiger partial charge in [-0.15, -0.1) is 0 Å². The van der Waals surface area contributed by atoms with E-state index in [-0.39, 0.29) is 0 Å². The second kappa shape index (κ2) is 10.4. The number of benzene rings is 1. The maximum atomic E-state index is 13.2. The lowest BCUT2D eigenvalue weighted by Crippen LogP contribution is -2.25. The first-order valence-corrected chi connectivity index (χ1v) is 11.3. The minimum atomic E-state index is -0.759. The molecule has 0 heterocycles. The van der Waals surface area contributed by atoms with Crippen LogP contribution in [0.15, 0.2) is 30.4 Å². The molecule has 1 aromatic carbocycles. The topological polar surface area (TPSA) is 0 Å². The van der Waals surface area contributed by atoms with E-state index in [1.54, 1.807) is 6.07 Å². The molecule has 0 aliphatic heterocycles. The van der Waals surface area contributed by atoms with Crippen LogP contribution in [0.1, 0.15) is 83.1 Å². The van der Waals surface area contributed by atoms with E-state index in [2.05, 4.69) is 19.1 Å². The summed E-state index contributed by atoms with van der Waals surface area (Å²) in [6.45, 7) is 2.32. The lowest BCUT2D eigenvalue weighted by Gasteiger charge is -2.37. The Balaban J connectivity index is 1.34. The highest BCUT2D eigenvalue weighted by Gasteiger charge is 2.29. The van der Waals surface area contributed by atoms with Crippen LogP contribution in [-0.2, 0) is 6.42 Å². The van der Waals surface area contributed by atoms with Gasteiger partial charge in [0.2, 0.25) is 0 Å². The molecule has 2 aliphatic rings. The Morgan fingerprint density at radius 1 is 0.889 bits per heavy atom. The molecule has 0 aromatic heterocycles. The van der Waals surface area contributed by atoms with Gasteiger partial charge in [-0.3, -0.25) is 0 Å². The number of allylic oxidation sites excluding steroid dienone is 2. The van der Waals surface area contributed by atoms with Gasteiger partial charge in [0.1, 0.15) is 0 Å². The van der Waals surface area contributed by atoms with Crippen molar-refractivity contribution < 1.29 is 8.78 Å². The summed E-state index contributed by atoms with van der Waals surface area (Å²) in [5.74, 6) is 2.21. The lowest BCUT2D eigenvalue weighted by molar-refractivity contribution is 0.152. The van der Waals surface area contributed by atoms with Gasteiger partial charge in [-0.05, 0) is 92.7 Å². The summed E-state index contributed by atoms with van der Waals surface area (Å²) >= 11 is 0. The highest BCUT2D eigenvalue weighted by molar-refractivity contribution is 5.18. The Morgan fingerprint density at radius 2 is 1.56 bits per heavy atom. The Labute approximate surface area is 164 Å². The van der Waals surface area contributed by atoms with Crippen LogP contribution in [0.2, 0.25) is 0 Å². The Kier molecular flexibility index (Phi) is 7.91. The molecule has 0 amide bonds. The molecular formula is C25H36F2. The van der Waals surface area contributed by atoms with Gasteiger partial charge in [-0.2, -0.15) is 0 Å². The van der Waals surface area contributed by atoms with E-state index in [9.17, 15) is 8.78 Å². The molecule has 0 saturated heterocycles. The number of halogens is 2. The zero-order chi connectivity index (χ0) is 19.1. The fourth-order valence-corrected chi connectivity index (χ4v) is 5.40. The SMILES string of the molecule is CCCC1CCC(C2CCC(/C=C/CCc3ccc(F)c(F)c3)CC2)CC1. The van der Waals surface area contributed by atoms with Crippen LogP contribution in [0, 0.1) is 35.3 Å². The van der Waals surface area contributed by atoms with Crippen molar-refractivity contribution in [2.75, 3.05) is 0 Å². The summed E-state index contributed by atoms with van der Waals surface area (Å²) in [6.07, 6.45) is 20.5. The molecule has 0 unspecified atom stereocenters. The maximum Gasteiger partial charge on any atom is 0.159 e. The predicted molar refractivity (Wildman–Crippen MR) is 110 cm³/mol. The fraction of sp³-hybridized carbons (Fsp3) is 0.680. The van der Waals surface area contributed by atoms with Crippen LogP contribution >= 0.6 is 0 Å². The van der Waals surface area contributed by atoms with Crippen molar-refractivity contribution in [1.29, 1.82) is 0 Å². The lowest BCUT2D eigenvalue weighted by atomic mass is 9.68. The monoisotopic (exact) mass is 374 g/mol. The van der Waals surface area contributed by atoms with E-state index in [0.29, 0.717) is 0 Å². The first-order valence-electron chi connectivity index (χ1n) is 11.3. The first kappa shape index (κ1) is 20.6. The molecule has 0 nitrogen and oxygen atoms in total. The van der Waals surface area contributed by atoms with Crippen LogP contribution in [0.3, 0.4) is 0 Å². The number of hydrogen-bond donors (Lipinski definition) is 0. The molecule has 0 N–H and O–H groups in total. The predicted octanol–water partition coefficient (Wildman–Crippen LogP) is 7.87. The summed E-state index contributed by atoms with van der Waals surface area (Å²) in [7, 11) is 0. The molecule has 0 bridgehead atoms. The molecule has 150 valence electrons. The number of aryl methyl sites for hydroxylation is 1. The number of rotatable bonds is 7. The zero-order valence-corrected chi connectivity index (χ0v) is 16.9. The molecule has 3 rings (SSSR count). The summed E-state index contributed by atoms with van der Waals surface area (Å²) < 4.78 is 26.2. The second-order valence-corrected chi connectivity index (χ2v) is 8.96. The third-order valence-corrected chi connectivity index (χ3v) is 7.06. The van der Waals surface area contributed by atoms with E-state index in [0.717, 1.165) is 42.1 Å². The highest BCUT2D eigenvalue weighted by Crippen LogP contribution is 2.42. The van der Waals surface area contributed by atoms with Crippen LogP contribution in [0.4, 0.5) is 8.78 Å². The zero-order valence-electron chi connectivity index (χ0n) is 16.9. The third kappa shape index (κ3) is 6.16. The fourth-order valence-electron chi connectivity index (χ4n) is 5.40. The molecule has 1 aromatic rings. The molecule has 27 heavy (non-hydrogen) atoms. The van der Waals surface area contributed by atoms with Crippen LogP contribution in [-0.4, -0.2) is 0 Å². The Bertz CT molecular complexity index is 590. The quantitative estimate of drug-likeness (QED) is 0.426. The van der Waals surface area contributed by atoms with Gasteiger partial charge >= 0.3 is 0 Å². The minimum Gasteiger partial charge on any atom is -0.204 e. The molecule has 0 spiro atoms. The first-order chi connectivity index (χ1) is 13.2. The second-order valence-electron chi connectivity index (χ2n) is 8.96. The van der Waals surface area contributed by atoms with Crippen LogP contribution in [0.25, 0.3) is 0 Å². The number of hydrogen-bond acceptors (Lipinski definition) is 0. The molecular weight excluding hydrogens is 338 g/mol. The van der Waals surface area contributed by atoms with E-state index in [4.69, 9.17) is 0 Å². The summed E-state index contributed by atoms with van der Waals surface area (Å²) in [5.41, 5.74) is 0.876. The van der Waals surface area contributed by atoms with Crippen molar-refractivity contribution in [2.24, 2.45) is 23.7 Å². The normalized spacial score (nSPS) is 29.3. The van der Waals surface area contributed by atoms with Crippen molar-refractivity contribution >= 4 is 0 Å². The van der Waals surface area contributed by atoms with Crippen LogP contribution in [0.5, 0.6) is 0 Å². The van der Waals surface area contributed by atoms with E-state index in [1.807, 2.05) is 0 Å². The molecule has 2 fully saturated rings. The van der Waals surface area contributed by atoms with Crippen molar-refractivity contribution in [3.63, 3.8) is 0 Å². The summed E-state index contributed by atoms with van der Waals surface area (Å²) in [5, 5.41) is 0. The van der Waals surface area contributed by atoms with Gasteiger partial charge in [0, 0.05) is 0 Å². The Morgan fingerprint density at radius 3 is 2.19 bits per heavy atom. The molecule has 2 saturated carbocycles. The smallest absolute Gasteiger partial charge is 0.159 e. The van der Waals surface area contributed by atoms with Gasteiger partial charge in [0.25, 0.3) is 0 Å². The van der Waals surface area contributed by atoms with Crippen molar-refractivity contribution in [1.82, 2.24) is 0 Å². The summed E-state index contributed by atoms with van der Waals surface area (Å²) in [6, 6.07) is 4.24. The van der Waals surface area contributed by atoms with Crippen molar-refractivity contribution in [3.8, 4) is 0 Å². The Hall–Kier alpha value is -1.18. The van der Waals surface area contributed by atoms with Gasteiger partial charge in [-0.25, -0.2) is 8.78 Å².